The van der Waals surface area contributed by atoms with Crippen molar-refractivity contribution in [1.82, 2.24) is 14.8 Å². The Bertz CT molecular complexity index is 717. The predicted molar refractivity (Wildman–Crippen MR) is 94.2 cm³/mol. The fourth-order valence-electron chi connectivity index (χ4n) is 2.98. The molecule has 1 saturated heterocycles. The first-order valence-corrected chi connectivity index (χ1v) is 8.74. The van der Waals surface area contributed by atoms with Gasteiger partial charge in [0.2, 0.25) is 0 Å². The highest BCUT2D eigenvalue weighted by Gasteiger charge is 2.26. The molecule has 0 radical (unpaired) electrons. The second kappa shape index (κ2) is 7.40. The molecular weight excluding hydrogens is 373 g/mol. The van der Waals surface area contributed by atoms with Crippen LogP contribution in [0.25, 0.3) is 0 Å². The normalized spacial score (nSPS) is 16.9. The second-order valence-corrected chi connectivity index (χ2v) is 6.77. The van der Waals surface area contributed by atoms with Gasteiger partial charge in [-0.2, -0.15) is 0 Å². The monoisotopic (exact) mass is 391 g/mol. The number of nitrogens with zero attached hydrogens (tertiary/aromatic N) is 3. The van der Waals surface area contributed by atoms with Gasteiger partial charge in [-0.25, -0.2) is 4.39 Å². The molecule has 0 bridgehead atoms. The highest BCUT2D eigenvalue weighted by Crippen LogP contribution is 2.23. The topological polar surface area (TPSA) is 36.4 Å². The zero-order valence-corrected chi connectivity index (χ0v) is 15.0. The molecule has 24 heavy (non-hydrogen) atoms. The first-order chi connectivity index (χ1) is 11.6. The van der Waals surface area contributed by atoms with E-state index in [1.807, 2.05) is 17.2 Å². The van der Waals surface area contributed by atoms with Gasteiger partial charge < -0.3 is 4.90 Å². The SMILES string of the molecule is C[C@@H](c1cccnc1)N1CCN(C(=O)c2ccc(F)cc2Br)CC1. The van der Waals surface area contributed by atoms with Crippen molar-refractivity contribution in [3.05, 3.63) is 64.1 Å². The maximum atomic E-state index is 13.2. The molecule has 0 N–H and O–H groups in total. The Morgan fingerprint density at radius 1 is 1.25 bits per heavy atom. The number of pyridine rings is 1. The van der Waals surface area contributed by atoms with Crippen LogP contribution < -0.4 is 0 Å². The van der Waals surface area contributed by atoms with Crippen molar-refractivity contribution in [2.24, 2.45) is 0 Å². The number of piperazine rings is 1. The van der Waals surface area contributed by atoms with Crippen molar-refractivity contribution >= 4 is 21.8 Å². The van der Waals surface area contributed by atoms with Crippen molar-refractivity contribution in [1.29, 1.82) is 0 Å². The Morgan fingerprint density at radius 3 is 2.62 bits per heavy atom. The van der Waals surface area contributed by atoms with Crippen LogP contribution in [-0.2, 0) is 0 Å². The van der Waals surface area contributed by atoms with Crippen LogP contribution in [0.2, 0.25) is 0 Å². The minimum absolute atomic E-state index is 0.0597. The van der Waals surface area contributed by atoms with E-state index in [1.54, 1.807) is 6.20 Å². The number of hydrogen-bond acceptors (Lipinski definition) is 3. The fourth-order valence-corrected chi connectivity index (χ4v) is 3.50. The lowest BCUT2D eigenvalue weighted by Crippen LogP contribution is -2.49. The molecule has 1 fully saturated rings. The van der Waals surface area contributed by atoms with Gasteiger partial charge >= 0.3 is 0 Å². The Kier molecular flexibility index (Phi) is 5.26. The molecule has 0 aliphatic carbocycles. The van der Waals surface area contributed by atoms with Crippen molar-refractivity contribution in [3.63, 3.8) is 0 Å². The van der Waals surface area contributed by atoms with Crippen LogP contribution in [0.4, 0.5) is 4.39 Å². The fraction of sp³-hybridized carbons (Fsp3) is 0.333. The number of halogens is 2. The van der Waals surface area contributed by atoms with Crippen molar-refractivity contribution in [3.8, 4) is 0 Å². The molecule has 2 heterocycles. The molecule has 1 amide bonds. The molecule has 6 heteroatoms. The van der Waals surface area contributed by atoms with Gasteiger partial charge in [-0.15, -0.1) is 0 Å². The minimum Gasteiger partial charge on any atom is -0.336 e. The third kappa shape index (κ3) is 3.65. The molecule has 1 aliphatic heterocycles. The van der Waals surface area contributed by atoms with Crippen molar-refractivity contribution in [2.75, 3.05) is 26.2 Å². The predicted octanol–water partition coefficient (Wildman–Crippen LogP) is 3.50. The standard InChI is InChI=1S/C18H19BrFN3O/c1-13(14-3-2-6-21-12-14)22-7-9-23(10-8-22)18(24)16-5-4-15(20)11-17(16)19/h2-6,11-13H,7-10H2,1H3/t13-/m0/s1. The van der Waals surface area contributed by atoms with E-state index in [1.165, 1.54) is 23.8 Å². The van der Waals surface area contributed by atoms with Gasteiger partial charge in [-0.3, -0.25) is 14.7 Å². The van der Waals surface area contributed by atoms with Crippen LogP contribution in [-0.4, -0.2) is 46.9 Å². The lowest BCUT2D eigenvalue weighted by Gasteiger charge is -2.38. The average Bonchev–Trinajstić information content (AvgIpc) is 2.61. The van der Waals surface area contributed by atoms with Crippen molar-refractivity contribution in [2.45, 2.75) is 13.0 Å². The number of carbonyl (C=O) groups excluding carboxylic acids is 1. The molecule has 4 nitrogen and oxygen atoms in total. The molecule has 0 saturated carbocycles. The van der Waals surface area contributed by atoms with Crippen molar-refractivity contribution < 1.29 is 9.18 Å². The second-order valence-electron chi connectivity index (χ2n) is 5.91. The zero-order valence-electron chi connectivity index (χ0n) is 13.5. The Balaban J connectivity index is 1.63. The summed E-state index contributed by atoms with van der Waals surface area (Å²) >= 11 is 3.28. The summed E-state index contributed by atoms with van der Waals surface area (Å²) in [6.45, 7) is 5.09. The molecule has 1 atom stereocenters. The smallest absolute Gasteiger partial charge is 0.255 e. The van der Waals surface area contributed by atoms with E-state index in [2.05, 4.69) is 38.8 Å². The largest absolute Gasteiger partial charge is 0.336 e. The lowest BCUT2D eigenvalue weighted by atomic mass is 10.1. The number of carbonyl (C=O) groups is 1. The highest BCUT2D eigenvalue weighted by atomic mass is 79.9. The van der Waals surface area contributed by atoms with E-state index in [9.17, 15) is 9.18 Å². The van der Waals surface area contributed by atoms with Crippen LogP contribution in [0.15, 0.2) is 47.2 Å². The average molecular weight is 392 g/mol. The molecule has 2 aromatic rings. The zero-order chi connectivity index (χ0) is 17.1. The van der Waals surface area contributed by atoms with Crippen LogP contribution in [0.5, 0.6) is 0 Å². The van der Waals surface area contributed by atoms with E-state index < -0.39 is 0 Å². The number of amides is 1. The summed E-state index contributed by atoms with van der Waals surface area (Å²) in [7, 11) is 0. The summed E-state index contributed by atoms with van der Waals surface area (Å²) in [6.07, 6.45) is 3.66. The van der Waals surface area contributed by atoms with Gasteiger partial charge in [0.15, 0.2) is 0 Å². The maximum Gasteiger partial charge on any atom is 0.255 e. The highest BCUT2D eigenvalue weighted by molar-refractivity contribution is 9.10. The quantitative estimate of drug-likeness (QED) is 0.803. The van der Waals surface area contributed by atoms with Gasteiger partial charge in [0, 0.05) is 49.1 Å². The summed E-state index contributed by atoms with van der Waals surface area (Å²) in [4.78, 5) is 21.0. The van der Waals surface area contributed by atoms with Gasteiger partial charge in [0.05, 0.1) is 5.56 Å². The molecule has 1 aromatic heterocycles. The molecule has 3 rings (SSSR count). The van der Waals surface area contributed by atoms with Crippen LogP contribution in [0.1, 0.15) is 28.9 Å². The third-order valence-electron chi connectivity index (χ3n) is 4.48. The van der Waals surface area contributed by atoms with Gasteiger partial charge in [-0.05, 0) is 52.7 Å². The van der Waals surface area contributed by atoms with Gasteiger partial charge in [0.1, 0.15) is 5.82 Å². The summed E-state index contributed by atoms with van der Waals surface area (Å²) in [5.74, 6) is -0.413. The Hall–Kier alpha value is -1.79. The van der Waals surface area contributed by atoms with Crippen LogP contribution >= 0.6 is 15.9 Å². The number of benzene rings is 1. The van der Waals surface area contributed by atoms with Gasteiger partial charge in [-0.1, -0.05) is 6.07 Å². The number of aromatic nitrogens is 1. The van der Waals surface area contributed by atoms with E-state index >= 15 is 0 Å². The summed E-state index contributed by atoms with van der Waals surface area (Å²) in [5, 5.41) is 0. The maximum absolute atomic E-state index is 13.2. The van der Waals surface area contributed by atoms with Gasteiger partial charge in [0.25, 0.3) is 5.91 Å². The van der Waals surface area contributed by atoms with Crippen LogP contribution in [0, 0.1) is 5.82 Å². The molecule has 0 unspecified atom stereocenters. The molecule has 126 valence electrons. The van der Waals surface area contributed by atoms with E-state index in [4.69, 9.17) is 0 Å². The number of rotatable bonds is 3. The van der Waals surface area contributed by atoms with E-state index in [0.29, 0.717) is 23.1 Å². The third-order valence-corrected chi connectivity index (χ3v) is 5.13. The molecule has 1 aromatic carbocycles. The molecular formula is C18H19BrFN3O. The summed E-state index contributed by atoms with van der Waals surface area (Å²) < 4.78 is 13.7. The number of hydrogen-bond donors (Lipinski definition) is 0. The Labute approximate surface area is 149 Å². The summed E-state index contributed by atoms with van der Waals surface area (Å²) in [6, 6.07) is 8.47. The Morgan fingerprint density at radius 2 is 2.00 bits per heavy atom. The van der Waals surface area contributed by atoms with E-state index in [0.717, 1.165) is 13.1 Å². The molecule has 1 aliphatic rings. The minimum atomic E-state index is -0.353. The first-order valence-electron chi connectivity index (χ1n) is 7.94. The lowest BCUT2D eigenvalue weighted by molar-refractivity contribution is 0.0581. The van der Waals surface area contributed by atoms with Crippen LogP contribution in [0.3, 0.4) is 0 Å². The summed E-state index contributed by atoms with van der Waals surface area (Å²) in [5.41, 5.74) is 1.68. The molecule has 0 spiro atoms. The van der Waals surface area contributed by atoms with E-state index in [-0.39, 0.29) is 17.8 Å². The first kappa shape index (κ1) is 17.0.